The van der Waals surface area contributed by atoms with Crippen LogP contribution in [0.1, 0.15) is 32.1 Å². The Labute approximate surface area is 175 Å². The number of carbonyl (C=O) groups excluding carboxylic acids is 3. The summed E-state index contributed by atoms with van der Waals surface area (Å²) in [6.07, 6.45) is 10.4. The van der Waals surface area contributed by atoms with Gasteiger partial charge in [0.2, 0.25) is 5.91 Å². The summed E-state index contributed by atoms with van der Waals surface area (Å²) in [4.78, 5) is 39.0. The molecule has 1 aromatic heterocycles. The third-order valence-electron chi connectivity index (χ3n) is 5.95. The topological polar surface area (TPSA) is 109 Å². The summed E-state index contributed by atoms with van der Waals surface area (Å²) < 4.78 is 1.30. The van der Waals surface area contributed by atoms with Gasteiger partial charge < -0.3 is 21.3 Å². The molecule has 4 N–H and O–H groups in total. The van der Waals surface area contributed by atoms with E-state index in [1.54, 1.807) is 17.0 Å². The highest BCUT2D eigenvalue weighted by Gasteiger charge is 2.34. The first kappa shape index (κ1) is 20.0. The molecule has 2 heterocycles. The minimum absolute atomic E-state index is 0.100. The Balaban J connectivity index is 1.44. The van der Waals surface area contributed by atoms with Gasteiger partial charge in [-0.15, -0.1) is 0 Å². The highest BCUT2D eigenvalue weighted by molar-refractivity contribution is 6.05. The number of benzene rings is 1. The molecule has 4 rings (SSSR count). The molecule has 2 atom stereocenters. The number of rotatable bonds is 4. The number of nitrogens with two attached hydrogens (primary N) is 1. The molecule has 8 nitrogen and oxygen atoms in total. The highest BCUT2D eigenvalue weighted by atomic mass is 16.2. The van der Waals surface area contributed by atoms with Gasteiger partial charge in [0, 0.05) is 24.7 Å². The monoisotopic (exact) mass is 409 g/mol. The first-order valence-electron chi connectivity index (χ1n) is 10.4. The molecule has 0 bridgehead atoms. The van der Waals surface area contributed by atoms with E-state index in [1.807, 2.05) is 12.1 Å². The SMILES string of the molecule is NC(=O)n1cc(NC(=O)N2CCC[C@H]2C(=O)NCC2CC=CCC2)c2ccccc21. The first-order chi connectivity index (χ1) is 14.5. The van der Waals surface area contributed by atoms with Gasteiger partial charge in [0.25, 0.3) is 0 Å². The van der Waals surface area contributed by atoms with E-state index in [0.717, 1.165) is 31.1 Å². The molecule has 1 aliphatic heterocycles. The molecular formula is C22H27N5O3. The molecule has 1 unspecified atom stereocenters. The van der Waals surface area contributed by atoms with Gasteiger partial charge in [-0.25, -0.2) is 9.59 Å². The fraction of sp³-hybridized carbons (Fsp3) is 0.409. The van der Waals surface area contributed by atoms with Crippen molar-refractivity contribution in [1.82, 2.24) is 14.8 Å². The second-order valence-corrected chi connectivity index (χ2v) is 7.95. The number of hydrogen-bond acceptors (Lipinski definition) is 3. The van der Waals surface area contributed by atoms with Gasteiger partial charge in [-0.1, -0.05) is 30.4 Å². The number of primary amides is 1. The van der Waals surface area contributed by atoms with E-state index in [4.69, 9.17) is 5.73 Å². The van der Waals surface area contributed by atoms with Crippen LogP contribution < -0.4 is 16.4 Å². The third-order valence-corrected chi connectivity index (χ3v) is 5.95. The fourth-order valence-electron chi connectivity index (χ4n) is 4.34. The summed E-state index contributed by atoms with van der Waals surface area (Å²) in [6.45, 7) is 1.16. The number of fused-ring (bicyclic) bond motifs is 1. The van der Waals surface area contributed by atoms with Crippen LogP contribution in [0.4, 0.5) is 15.3 Å². The predicted octanol–water partition coefficient (Wildman–Crippen LogP) is 3.04. The number of allylic oxidation sites excluding steroid dienone is 2. The van der Waals surface area contributed by atoms with Gasteiger partial charge in [0.05, 0.1) is 11.2 Å². The molecule has 2 aromatic rings. The number of aromatic nitrogens is 1. The Morgan fingerprint density at radius 1 is 1.13 bits per heavy atom. The van der Waals surface area contributed by atoms with Crippen molar-refractivity contribution in [3.05, 3.63) is 42.6 Å². The molecule has 0 spiro atoms. The lowest BCUT2D eigenvalue weighted by atomic mass is 9.94. The summed E-state index contributed by atoms with van der Waals surface area (Å²) in [7, 11) is 0. The van der Waals surface area contributed by atoms with Crippen LogP contribution in [0.15, 0.2) is 42.6 Å². The second-order valence-electron chi connectivity index (χ2n) is 7.95. The average Bonchev–Trinajstić information content (AvgIpc) is 3.38. The number of nitrogens with one attached hydrogen (secondary N) is 2. The van der Waals surface area contributed by atoms with Crippen LogP contribution in [-0.2, 0) is 4.79 Å². The number of carbonyl (C=O) groups is 3. The van der Waals surface area contributed by atoms with Gasteiger partial charge in [-0.2, -0.15) is 0 Å². The fourth-order valence-corrected chi connectivity index (χ4v) is 4.34. The van der Waals surface area contributed by atoms with E-state index in [9.17, 15) is 14.4 Å². The van der Waals surface area contributed by atoms with Crippen molar-refractivity contribution in [1.29, 1.82) is 0 Å². The Morgan fingerprint density at radius 2 is 1.97 bits per heavy atom. The highest BCUT2D eigenvalue weighted by Crippen LogP contribution is 2.27. The van der Waals surface area contributed by atoms with Crippen LogP contribution >= 0.6 is 0 Å². The van der Waals surface area contributed by atoms with Crippen LogP contribution in [0.5, 0.6) is 0 Å². The number of hydrogen-bond donors (Lipinski definition) is 3. The number of likely N-dealkylation sites (tertiary alicyclic amines) is 1. The van der Waals surface area contributed by atoms with Crippen molar-refractivity contribution < 1.29 is 14.4 Å². The molecule has 0 radical (unpaired) electrons. The lowest BCUT2D eigenvalue weighted by Crippen LogP contribution is -2.48. The quantitative estimate of drug-likeness (QED) is 0.675. The largest absolute Gasteiger partial charge is 0.354 e. The van der Waals surface area contributed by atoms with E-state index in [-0.39, 0.29) is 11.9 Å². The number of para-hydroxylation sites is 1. The van der Waals surface area contributed by atoms with Crippen LogP contribution in [0.25, 0.3) is 10.9 Å². The van der Waals surface area contributed by atoms with Crippen molar-refractivity contribution in [3.63, 3.8) is 0 Å². The van der Waals surface area contributed by atoms with Gasteiger partial charge in [0.1, 0.15) is 6.04 Å². The number of nitrogens with zero attached hydrogens (tertiary/aromatic N) is 2. The minimum Gasteiger partial charge on any atom is -0.354 e. The molecule has 2 aliphatic rings. The first-order valence-corrected chi connectivity index (χ1v) is 10.4. The van der Waals surface area contributed by atoms with Gasteiger partial charge in [-0.3, -0.25) is 9.36 Å². The molecule has 0 saturated carbocycles. The summed E-state index contributed by atoms with van der Waals surface area (Å²) in [5.74, 6) is 0.360. The van der Waals surface area contributed by atoms with Crippen molar-refractivity contribution >= 4 is 34.6 Å². The van der Waals surface area contributed by atoms with E-state index in [1.165, 1.54) is 10.8 Å². The lowest BCUT2D eigenvalue weighted by molar-refractivity contribution is -0.124. The maximum atomic E-state index is 13.0. The normalized spacial score (nSPS) is 21.0. The summed E-state index contributed by atoms with van der Waals surface area (Å²) in [5, 5.41) is 6.61. The van der Waals surface area contributed by atoms with Crippen molar-refractivity contribution in [2.75, 3.05) is 18.4 Å². The molecule has 158 valence electrons. The van der Waals surface area contributed by atoms with Gasteiger partial charge in [-0.05, 0) is 44.1 Å². The average molecular weight is 409 g/mol. The zero-order valence-electron chi connectivity index (χ0n) is 16.8. The molecule has 1 aliphatic carbocycles. The second kappa shape index (κ2) is 8.61. The van der Waals surface area contributed by atoms with Crippen LogP contribution in [-0.4, -0.2) is 46.6 Å². The zero-order chi connectivity index (χ0) is 21.1. The third kappa shape index (κ3) is 4.03. The van der Waals surface area contributed by atoms with Crippen LogP contribution in [0.3, 0.4) is 0 Å². The Bertz CT molecular complexity index is 996. The van der Waals surface area contributed by atoms with Crippen molar-refractivity contribution in [2.45, 2.75) is 38.1 Å². The van der Waals surface area contributed by atoms with E-state index in [2.05, 4.69) is 22.8 Å². The molecule has 1 aromatic carbocycles. The van der Waals surface area contributed by atoms with Crippen molar-refractivity contribution in [2.24, 2.45) is 11.7 Å². The smallest absolute Gasteiger partial charge is 0.323 e. The standard InChI is InChI=1S/C22H27N5O3/c23-21(29)27-14-17(16-9-4-5-10-18(16)27)25-22(30)26-12-6-11-19(26)20(28)24-13-15-7-2-1-3-8-15/h1-2,4-5,9-10,14-15,19H,3,6-8,11-13H2,(H2,23,29)(H,24,28)(H,25,30)/t15?,19-/m0/s1. The predicted molar refractivity (Wildman–Crippen MR) is 115 cm³/mol. The Kier molecular flexibility index (Phi) is 5.74. The molecule has 4 amide bonds. The molecule has 30 heavy (non-hydrogen) atoms. The minimum atomic E-state index is -0.623. The maximum absolute atomic E-state index is 13.0. The molecule has 1 fully saturated rings. The number of amides is 4. The lowest BCUT2D eigenvalue weighted by Gasteiger charge is -2.25. The summed E-state index contributed by atoms with van der Waals surface area (Å²) in [5.41, 5.74) is 6.56. The summed E-state index contributed by atoms with van der Waals surface area (Å²) >= 11 is 0. The molecular weight excluding hydrogens is 382 g/mol. The van der Waals surface area contributed by atoms with Gasteiger partial charge >= 0.3 is 12.1 Å². The van der Waals surface area contributed by atoms with E-state index < -0.39 is 12.1 Å². The summed E-state index contributed by atoms with van der Waals surface area (Å²) in [6, 6.07) is 5.77. The van der Waals surface area contributed by atoms with E-state index >= 15 is 0 Å². The van der Waals surface area contributed by atoms with Crippen LogP contribution in [0, 0.1) is 5.92 Å². The number of anilines is 1. The zero-order valence-corrected chi connectivity index (χ0v) is 16.8. The Morgan fingerprint density at radius 3 is 2.73 bits per heavy atom. The molecule has 1 saturated heterocycles. The Hall–Kier alpha value is -3.29. The molecule has 8 heteroatoms. The van der Waals surface area contributed by atoms with E-state index in [0.29, 0.717) is 36.6 Å². The maximum Gasteiger partial charge on any atom is 0.323 e. The number of urea groups is 1. The van der Waals surface area contributed by atoms with Gasteiger partial charge in [0.15, 0.2) is 0 Å². The van der Waals surface area contributed by atoms with Crippen molar-refractivity contribution in [3.8, 4) is 0 Å². The van der Waals surface area contributed by atoms with Crippen LogP contribution in [0.2, 0.25) is 0 Å².